The van der Waals surface area contributed by atoms with E-state index in [1.807, 2.05) is 0 Å². The van der Waals surface area contributed by atoms with Gasteiger partial charge in [-0.15, -0.1) is 0 Å². The Kier molecular flexibility index (Phi) is 4.52. The third kappa shape index (κ3) is 3.53. The van der Waals surface area contributed by atoms with Crippen LogP contribution in [0.5, 0.6) is 5.75 Å². The standard InChI is InChI=1S/C17H18BF3O5S/c1-15(2)16(3,4)26-18(25-15)13-9-11-7-5-6-8-12(11)10-14(13)24-27(22,23)17(19,20)21/h5-10H,1-4H3. The highest BCUT2D eigenvalue weighted by molar-refractivity contribution is 7.88. The third-order valence-electron chi connectivity index (χ3n) is 4.87. The monoisotopic (exact) mass is 402 g/mol. The van der Waals surface area contributed by atoms with Crippen molar-refractivity contribution < 1.29 is 35.1 Å². The van der Waals surface area contributed by atoms with Crippen molar-refractivity contribution in [2.75, 3.05) is 0 Å². The van der Waals surface area contributed by atoms with Gasteiger partial charge in [0.1, 0.15) is 5.75 Å². The van der Waals surface area contributed by atoms with E-state index in [1.54, 1.807) is 52.0 Å². The van der Waals surface area contributed by atoms with Crippen LogP contribution in [-0.4, -0.2) is 32.2 Å². The van der Waals surface area contributed by atoms with Crippen molar-refractivity contribution in [1.29, 1.82) is 0 Å². The summed E-state index contributed by atoms with van der Waals surface area (Å²) in [5.74, 6) is -0.482. The molecule has 1 aliphatic rings. The van der Waals surface area contributed by atoms with Crippen molar-refractivity contribution in [3.63, 3.8) is 0 Å². The highest BCUT2D eigenvalue weighted by Gasteiger charge is 2.54. The first kappa shape index (κ1) is 20.0. The molecule has 0 spiro atoms. The Morgan fingerprint density at radius 2 is 1.44 bits per heavy atom. The summed E-state index contributed by atoms with van der Waals surface area (Å²) in [6.45, 7) is 7.12. The number of rotatable bonds is 3. The van der Waals surface area contributed by atoms with Gasteiger partial charge in [-0.2, -0.15) is 21.6 Å². The van der Waals surface area contributed by atoms with E-state index in [1.165, 1.54) is 12.1 Å². The van der Waals surface area contributed by atoms with Crippen LogP contribution in [0.1, 0.15) is 27.7 Å². The quantitative estimate of drug-likeness (QED) is 0.448. The average molecular weight is 402 g/mol. The van der Waals surface area contributed by atoms with E-state index in [2.05, 4.69) is 4.18 Å². The molecule has 0 bridgehead atoms. The Labute approximate surface area is 155 Å². The Hall–Kier alpha value is -1.78. The normalized spacial score (nSPS) is 19.4. The molecule has 3 rings (SSSR count). The summed E-state index contributed by atoms with van der Waals surface area (Å²) in [6.07, 6.45) is 0. The van der Waals surface area contributed by atoms with Gasteiger partial charge in [-0.05, 0) is 44.5 Å². The molecule has 0 N–H and O–H groups in total. The van der Waals surface area contributed by atoms with Gasteiger partial charge in [0.15, 0.2) is 0 Å². The minimum atomic E-state index is -5.84. The maximum atomic E-state index is 12.8. The lowest BCUT2D eigenvalue weighted by Gasteiger charge is -2.32. The van der Waals surface area contributed by atoms with Crippen molar-refractivity contribution in [1.82, 2.24) is 0 Å². The Morgan fingerprint density at radius 1 is 0.963 bits per heavy atom. The van der Waals surface area contributed by atoms with Crippen LogP contribution in [0, 0.1) is 0 Å². The molecule has 2 aromatic rings. The molecule has 0 aromatic heterocycles. The minimum Gasteiger partial charge on any atom is -0.399 e. The lowest BCUT2D eigenvalue weighted by molar-refractivity contribution is -0.0499. The SMILES string of the molecule is CC1(C)OB(c2cc3ccccc3cc2OS(=O)(=O)C(F)(F)F)OC1(C)C. The lowest BCUT2D eigenvalue weighted by Crippen LogP contribution is -2.41. The van der Waals surface area contributed by atoms with Gasteiger partial charge in [-0.3, -0.25) is 0 Å². The summed E-state index contributed by atoms with van der Waals surface area (Å²) in [4.78, 5) is 0. The van der Waals surface area contributed by atoms with Crippen molar-refractivity contribution in [3.05, 3.63) is 36.4 Å². The number of benzene rings is 2. The lowest BCUT2D eigenvalue weighted by atomic mass is 9.77. The largest absolute Gasteiger partial charge is 0.534 e. The van der Waals surface area contributed by atoms with Gasteiger partial charge in [0.05, 0.1) is 11.2 Å². The molecule has 0 saturated carbocycles. The number of hydrogen-bond acceptors (Lipinski definition) is 5. The van der Waals surface area contributed by atoms with Crippen LogP contribution in [0.25, 0.3) is 10.8 Å². The van der Waals surface area contributed by atoms with Crippen LogP contribution in [-0.2, 0) is 19.4 Å². The highest BCUT2D eigenvalue weighted by Crippen LogP contribution is 2.38. The number of fused-ring (bicyclic) bond motifs is 1. The molecule has 1 aliphatic heterocycles. The maximum absolute atomic E-state index is 12.8. The first-order chi connectivity index (χ1) is 12.2. The molecule has 0 atom stereocenters. The first-order valence-electron chi connectivity index (χ1n) is 8.13. The first-order valence-corrected chi connectivity index (χ1v) is 9.53. The predicted molar refractivity (Wildman–Crippen MR) is 95.3 cm³/mol. The predicted octanol–water partition coefficient (Wildman–Crippen LogP) is 3.37. The van der Waals surface area contributed by atoms with Crippen molar-refractivity contribution in [2.24, 2.45) is 0 Å². The van der Waals surface area contributed by atoms with Gasteiger partial charge in [0, 0.05) is 5.46 Å². The summed E-state index contributed by atoms with van der Waals surface area (Å²) in [5, 5.41) is 1.20. The summed E-state index contributed by atoms with van der Waals surface area (Å²) < 4.78 is 77.7. The molecule has 2 aromatic carbocycles. The smallest absolute Gasteiger partial charge is 0.399 e. The fourth-order valence-electron chi connectivity index (χ4n) is 2.63. The molecule has 27 heavy (non-hydrogen) atoms. The zero-order valence-electron chi connectivity index (χ0n) is 15.1. The van der Waals surface area contributed by atoms with E-state index >= 15 is 0 Å². The molecule has 0 radical (unpaired) electrons. The summed E-state index contributed by atoms with van der Waals surface area (Å²) >= 11 is 0. The van der Waals surface area contributed by atoms with Crippen molar-refractivity contribution in [3.8, 4) is 5.75 Å². The van der Waals surface area contributed by atoms with Crippen LogP contribution in [0.4, 0.5) is 13.2 Å². The molecule has 10 heteroatoms. The molecule has 0 aliphatic carbocycles. The van der Waals surface area contributed by atoms with Crippen molar-refractivity contribution in [2.45, 2.75) is 44.4 Å². The van der Waals surface area contributed by atoms with Gasteiger partial charge in [0.2, 0.25) is 0 Å². The molecular formula is C17H18BF3O5S. The fourth-order valence-corrected chi connectivity index (χ4v) is 3.10. The molecule has 0 amide bonds. The van der Waals surface area contributed by atoms with E-state index in [9.17, 15) is 21.6 Å². The topological polar surface area (TPSA) is 61.8 Å². The van der Waals surface area contributed by atoms with E-state index < -0.39 is 39.7 Å². The highest BCUT2D eigenvalue weighted by atomic mass is 32.2. The van der Waals surface area contributed by atoms with Gasteiger partial charge < -0.3 is 13.5 Å². The fraction of sp³-hybridized carbons (Fsp3) is 0.412. The van der Waals surface area contributed by atoms with Crippen LogP contribution in [0.2, 0.25) is 0 Å². The van der Waals surface area contributed by atoms with Crippen LogP contribution in [0.15, 0.2) is 36.4 Å². The van der Waals surface area contributed by atoms with Crippen LogP contribution in [0.3, 0.4) is 0 Å². The number of halogens is 3. The Balaban J connectivity index is 2.14. The third-order valence-corrected chi connectivity index (χ3v) is 5.83. The van der Waals surface area contributed by atoms with E-state index in [0.29, 0.717) is 10.8 Å². The van der Waals surface area contributed by atoms with Crippen molar-refractivity contribution >= 4 is 33.5 Å². The summed E-state index contributed by atoms with van der Waals surface area (Å²) in [6, 6.07) is 9.56. The molecular weight excluding hydrogens is 384 g/mol. The average Bonchev–Trinajstić information content (AvgIpc) is 2.73. The maximum Gasteiger partial charge on any atom is 0.534 e. The second kappa shape index (κ2) is 6.12. The second-order valence-electron chi connectivity index (χ2n) is 7.31. The van der Waals surface area contributed by atoms with Crippen LogP contribution >= 0.6 is 0 Å². The molecule has 1 saturated heterocycles. The zero-order valence-corrected chi connectivity index (χ0v) is 15.9. The molecule has 146 valence electrons. The molecule has 0 unspecified atom stereocenters. The van der Waals surface area contributed by atoms with Gasteiger partial charge >= 0.3 is 22.7 Å². The number of alkyl halides is 3. The minimum absolute atomic E-state index is 0.0696. The Morgan fingerprint density at radius 3 is 1.93 bits per heavy atom. The summed E-state index contributed by atoms with van der Waals surface area (Å²) in [5.41, 5.74) is -7.00. The van der Waals surface area contributed by atoms with Gasteiger partial charge in [-0.1, -0.05) is 30.3 Å². The second-order valence-corrected chi connectivity index (χ2v) is 8.85. The zero-order chi connectivity index (χ0) is 20.3. The van der Waals surface area contributed by atoms with E-state index in [4.69, 9.17) is 9.31 Å². The van der Waals surface area contributed by atoms with E-state index in [0.717, 1.165) is 0 Å². The molecule has 1 fully saturated rings. The Bertz CT molecular complexity index is 970. The van der Waals surface area contributed by atoms with E-state index in [-0.39, 0.29) is 5.46 Å². The molecule has 1 heterocycles. The summed E-state index contributed by atoms with van der Waals surface area (Å²) in [7, 11) is -6.93. The molecule has 5 nitrogen and oxygen atoms in total. The van der Waals surface area contributed by atoms with Gasteiger partial charge in [0.25, 0.3) is 0 Å². The van der Waals surface area contributed by atoms with Crippen LogP contribution < -0.4 is 9.65 Å². The number of hydrogen-bond donors (Lipinski definition) is 0. The van der Waals surface area contributed by atoms with Gasteiger partial charge in [-0.25, -0.2) is 0 Å².